The van der Waals surface area contributed by atoms with Crippen molar-refractivity contribution in [1.82, 2.24) is 0 Å². The number of nitrogens with zero attached hydrogens (tertiary/aromatic N) is 1. The Kier molecular flexibility index (Phi) is 3.63. The second kappa shape index (κ2) is 6.13. The van der Waals surface area contributed by atoms with Gasteiger partial charge in [0, 0.05) is 0 Å². The number of hydrogen-bond acceptors (Lipinski definition) is 5. The van der Waals surface area contributed by atoms with Gasteiger partial charge in [0.15, 0.2) is 6.61 Å². The van der Waals surface area contributed by atoms with Crippen molar-refractivity contribution in [3.63, 3.8) is 0 Å². The molecule has 0 radical (unpaired) electrons. The molecule has 1 aromatic carbocycles. The van der Waals surface area contributed by atoms with Crippen LogP contribution in [-0.2, 0) is 9.59 Å². The molecule has 5 nitrogen and oxygen atoms in total. The molecule has 2 saturated carbocycles. The van der Waals surface area contributed by atoms with Crippen molar-refractivity contribution in [1.29, 1.82) is 0 Å². The highest BCUT2D eigenvalue weighted by Crippen LogP contribution is 2.65. The van der Waals surface area contributed by atoms with E-state index in [-0.39, 0.29) is 47.9 Å². The van der Waals surface area contributed by atoms with Crippen LogP contribution >= 0.6 is 11.3 Å². The number of rotatable bonds is 5. The number of ketones is 1. The first-order valence-electron chi connectivity index (χ1n) is 9.99. The standard InChI is InChI=1S/C23H19NO4S/c25-18(19-2-1-9-29-19)11-28-13-5-3-12(4-6-13)24-22(26)20-14-7-8-15(17-10-16(14)17)21(20)23(24)27/h1-9,14-17,20-21H,10-11H2/t14-,15+,16-,17+,20-,21+. The van der Waals surface area contributed by atoms with E-state index in [0.717, 1.165) is 6.42 Å². The van der Waals surface area contributed by atoms with E-state index in [4.69, 9.17) is 4.74 Å². The molecule has 29 heavy (non-hydrogen) atoms. The number of benzene rings is 1. The van der Waals surface area contributed by atoms with Gasteiger partial charge in [0.25, 0.3) is 0 Å². The number of amides is 2. The van der Waals surface area contributed by atoms with Gasteiger partial charge in [-0.05, 0) is 65.8 Å². The molecular weight excluding hydrogens is 386 g/mol. The van der Waals surface area contributed by atoms with Crippen molar-refractivity contribution < 1.29 is 19.1 Å². The number of carbonyl (C=O) groups is 3. The van der Waals surface area contributed by atoms with E-state index in [2.05, 4.69) is 12.2 Å². The summed E-state index contributed by atoms with van der Waals surface area (Å²) in [5, 5.41) is 1.86. The summed E-state index contributed by atoms with van der Waals surface area (Å²) in [6.07, 6.45) is 5.51. The molecule has 1 aliphatic heterocycles. The van der Waals surface area contributed by atoms with Crippen molar-refractivity contribution in [3.8, 4) is 5.75 Å². The maximum atomic E-state index is 13.1. The fraction of sp³-hybridized carbons (Fsp3) is 0.348. The number of imide groups is 1. The average Bonchev–Trinajstić information content (AvgIpc) is 3.31. The van der Waals surface area contributed by atoms with Crippen LogP contribution in [0.2, 0.25) is 0 Å². The van der Waals surface area contributed by atoms with Gasteiger partial charge in [0.2, 0.25) is 17.6 Å². The molecule has 6 heteroatoms. The molecule has 4 aliphatic carbocycles. The third-order valence-corrected chi connectivity index (χ3v) is 7.83. The molecule has 2 amide bonds. The lowest BCUT2D eigenvalue weighted by atomic mass is 9.63. The minimum absolute atomic E-state index is 0.0383. The van der Waals surface area contributed by atoms with Crippen molar-refractivity contribution in [3.05, 3.63) is 58.8 Å². The van der Waals surface area contributed by atoms with Crippen LogP contribution in [0.4, 0.5) is 5.69 Å². The predicted molar refractivity (Wildman–Crippen MR) is 108 cm³/mol. The van der Waals surface area contributed by atoms with Gasteiger partial charge in [-0.15, -0.1) is 11.3 Å². The molecule has 0 unspecified atom stereocenters. The number of ether oxygens (including phenoxy) is 1. The lowest BCUT2D eigenvalue weighted by Crippen LogP contribution is -2.40. The predicted octanol–water partition coefficient (Wildman–Crippen LogP) is 3.57. The Morgan fingerprint density at radius 1 is 1.00 bits per heavy atom. The lowest BCUT2D eigenvalue weighted by Gasteiger charge is -2.37. The third-order valence-electron chi connectivity index (χ3n) is 6.92. The molecule has 5 aliphatic rings. The van der Waals surface area contributed by atoms with Crippen molar-refractivity contribution in [2.75, 3.05) is 11.5 Å². The Balaban J connectivity index is 1.19. The molecule has 1 aromatic heterocycles. The van der Waals surface area contributed by atoms with Crippen LogP contribution < -0.4 is 9.64 Å². The molecule has 146 valence electrons. The molecule has 0 N–H and O–H groups in total. The SMILES string of the molecule is O=C(COc1ccc(N2C(=O)[C@@H]3[C@@H]4C=C[C@@H]([C@@H]5C[C@H]45)[C@@H]3C2=O)cc1)c1cccs1. The zero-order valence-corrected chi connectivity index (χ0v) is 16.4. The van der Waals surface area contributed by atoms with Gasteiger partial charge < -0.3 is 4.74 Å². The quantitative estimate of drug-likeness (QED) is 0.433. The number of thiophene rings is 1. The van der Waals surface area contributed by atoms with Gasteiger partial charge in [-0.2, -0.15) is 0 Å². The second-order valence-electron chi connectivity index (χ2n) is 8.35. The summed E-state index contributed by atoms with van der Waals surface area (Å²) >= 11 is 1.39. The van der Waals surface area contributed by atoms with Crippen LogP contribution in [0.1, 0.15) is 16.1 Å². The Morgan fingerprint density at radius 2 is 1.66 bits per heavy atom. The van der Waals surface area contributed by atoms with Crippen LogP contribution in [0.15, 0.2) is 53.9 Å². The van der Waals surface area contributed by atoms with E-state index in [9.17, 15) is 14.4 Å². The third kappa shape index (κ3) is 2.48. The fourth-order valence-corrected chi connectivity index (χ4v) is 6.21. The summed E-state index contributed by atoms with van der Waals surface area (Å²) in [5.41, 5.74) is 0.583. The minimum atomic E-state index is -0.194. The van der Waals surface area contributed by atoms with E-state index in [1.54, 1.807) is 30.3 Å². The van der Waals surface area contributed by atoms with Crippen molar-refractivity contribution >= 4 is 34.6 Å². The molecule has 1 saturated heterocycles. The molecule has 3 fully saturated rings. The highest BCUT2D eigenvalue weighted by molar-refractivity contribution is 7.12. The van der Waals surface area contributed by atoms with E-state index >= 15 is 0 Å². The van der Waals surface area contributed by atoms with E-state index < -0.39 is 0 Å². The van der Waals surface area contributed by atoms with Crippen LogP contribution in [0.3, 0.4) is 0 Å². The van der Waals surface area contributed by atoms with Gasteiger partial charge in [0.05, 0.1) is 22.4 Å². The molecular formula is C23H19NO4S. The summed E-state index contributed by atoms with van der Waals surface area (Å²) in [4.78, 5) is 40.4. The molecule has 2 heterocycles. The Labute approximate surface area is 172 Å². The van der Waals surface area contributed by atoms with Gasteiger partial charge in [-0.1, -0.05) is 18.2 Å². The monoisotopic (exact) mass is 405 g/mol. The number of hydrogen-bond donors (Lipinski definition) is 0. The maximum absolute atomic E-state index is 13.1. The van der Waals surface area contributed by atoms with Gasteiger partial charge in [-0.3, -0.25) is 19.3 Å². The number of anilines is 1. The van der Waals surface area contributed by atoms with E-state index in [1.165, 1.54) is 16.2 Å². The largest absolute Gasteiger partial charge is 0.485 e. The van der Waals surface area contributed by atoms with Crippen LogP contribution in [0.25, 0.3) is 0 Å². The fourth-order valence-electron chi connectivity index (χ4n) is 5.56. The molecule has 7 rings (SSSR count). The molecule has 6 atom stereocenters. The van der Waals surface area contributed by atoms with E-state index in [1.807, 2.05) is 11.4 Å². The zero-order valence-electron chi connectivity index (χ0n) is 15.6. The lowest BCUT2D eigenvalue weighted by molar-refractivity contribution is -0.124. The summed E-state index contributed by atoms with van der Waals surface area (Å²) in [6.45, 7) is -0.0383. The van der Waals surface area contributed by atoms with Gasteiger partial charge in [0.1, 0.15) is 5.75 Å². The summed E-state index contributed by atoms with van der Waals surface area (Å²) < 4.78 is 5.58. The van der Waals surface area contributed by atoms with Gasteiger partial charge in [-0.25, -0.2) is 0 Å². The first-order valence-corrected chi connectivity index (χ1v) is 10.9. The van der Waals surface area contributed by atoms with Gasteiger partial charge >= 0.3 is 0 Å². The number of Topliss-reactive ketones (excluding diaryl/α,β-unsaturated/α-hetero) is 1. The Bertz CT molecular complexity index is 1010. The average molecular weight is 405 g/mol. The molecule has 2 bridgehead atoms. The normalized spacial score (nSPS) is 33.6. The minimum Gasteiger partial charge on any atom is -0.485 e. The summed E-state index contributed by atoms with van der Waals surface area (Å²) in [6, 6.07) is 10.5. The van der Waals surface area contributed by atoms with Crippen LogP contribution in [0.5, 0.6) is 5.75 Å². The Hall–Kier alpha value is -2.73. The van der Waals surface area contributed by atoms with Crippen molar-refractivity contribution in [2.45, 2.75) is 6.42 Å². The number of allylic oxidation sites excluding steroid dienone is 2. The van der Waals surface area contributed by atoms with Crippen molar-refractivity contribution in [2.24, 2.45) is 35.5 Å². The summed E-state index contributed by atoms with van der Waals surface area (Å²) in [5.74, 6) is 1.60. The first kappa shape index (κ1) is 17.2. The molecule has 0 spiro atoms. The smallest absolute Gasteiger partial charge is 0.238 e. The second-order valence-corrected chi connectivity index (χ2v) is 9.30. The molecule has 2 aromatic rings. The zero-order chi connectivity index (χ0) is 19.7. The Morgan fingerprint density at radius 3 is 2.24 bits per heavy atom. The summed E-state index contributed by atoms with van der Waals surface area (Å²) in [7, 11) is 0. The van der Waals surface area contributed by atoms with Crippen LogP contribution in [0, 0.1) is 35.5 Å². The number of carbonyl (C=O) groups excluding carboxylic acids is 3. The first-order chi connectivity index (χ1) is 14.1. The highest BCUT2D eigenvalue weighted by Gasteiger charge is 2.67. The maximum Gasteiger partial charge on any atom is 0.238 e. The topological polar surface area (TPSA) is 63.7 Å². The van der Waals surface area contributed by atoms with Crippen LogP contribution in [-0.4, -0.2) is 24.2 Å². The van der Waals surface area contributed by atoms with E-state index in [0.29, 0.717) is 28.1 Å². The highest BCUT2D eigenvalue weighted by atomic mass is 32.1.